The molecule has 196 valence electrons. The zero-order valence-electron chi connectivity index (χ0n) is 22.8. The topological polar surface area (TPSA) is 59.3 Å². The van der Waals surface area contributed by atoms with E-state index in [-0.39, 0.29) is 0 Å². The molecule has 4 saturated carbocycles. The number of hydrogen-bond acceptors (Lipinski definition) is 4. The Morgan fingerprint density at radius 1 is 0.912 bits per heavy atom. The molecule has 0 spiro atoms. The van der Waals surface area contributed by atoms with Crippen LogP contribution in [-0.2, 0) is 4.74 Å². The van der Waals surface area contributed by atoms with Crippen LogP contribution in [0.15, 0.2) is 0 Å². The van der Waals surface area contributed by atoms with Crippen LogP contribution in [0.1, 0.15) is 105 Å². The van der Waals surface area contributed by atoms with Crippen molar-refractivity contribution in [2.75, 3.05) is 19.6 Å². The summed E-state index contributed by atoms with van der Waals surface area (Å²) in [6.45, 7) is 13.1. The van der Waals surface area contributed by atoms with E-state index in [1.54, 1.807) is 0 Å². The predicted molar refractivity (Wildman–Crippen MR) is 141 cm³/mol. The lowest BCUT2D eigenvalue weighted by Gasteiger charge is -2.61. The zero-order chi connectivity index (χ0) is 23.9. The third-order valence-electron chi connectivity index (χ3n) is 12.1. The van der Waals surface area contributed by atoms with E-state index in [4.69, 9.17) is 10.5 Å². The molecular formula is C30H55N3O. The molecule has 34 heavy (non-hydrogen) atoms. The van der Waals surface area contributed by atoms with Gasteiger partial charge in [-0.3, -0.25) is 5.32 Å². The maximum absolute atomic E-state index is 6.69. The van der Waals surface area contributed by atoms with E-state index in [1.807, 2.05) is 0 Å². The monoisotopic (exact) mass is 473 g/mol. The molecule has 4 aliphatic carbocycles. The first-order valence-corrected chi connectivity index (χ1v) is 15.2. The Balaban J connectivity index is 1.20. The molecule has 4 nitrogen and oxygen atoms in total. The number of rotatable bonds is 9. The third kappa shape index (κ3) is 4.52. The first-order chi connectivity index (χ1) is 16.4. The maximum atomic E-state index is 6.69. The average Bonchev–Trinajstić information content (AvgIpc) is 3.37. The van der Waals surface area contributed by atoms with Crippen molar-refractivity contribution in [2.24, 2.45) is 52.1 Å². The van der Waals surface area contributed by atoms with E-state index in [0.29, 0.717) is 23.2 Å². The van der Waals surface area contributed by atoms with Crippen molar-refractivity contribution < 1.29 is 4.74 Å². The lowest BCUT2D eigenvalue weighted by atomic mass is 9.44. The van der Waals surface area contributed by atoms with Gasteiger partial charge in [0, 0.05) is 12.6 Å². The molecule has 0 aromatic carbocycles. The molecule has 5 fully saturated rings. The SMILES string of the molecule is CC[C@H](C)CN[C@@H]1CC2C(CC3[C@@H]4CCC5CC(NCCCCN)CC[C@]5(C)C4CC[C@]23C)O1. The fraction of sp³-hybridized carbons (Fsp3) is 1.00. The number of fused-ring (bicyclic) bond motifs is 7. The second kappa shape index (κ2) is 10.3. The summed E-state index contributed by atoms with van der Waals surface area (Å²) in [5.41, 5.74) is 6.79. The summed E-state index contributed by atoms with van der Waals surface area (Å²) in [5, 5.41) is 7.66. The van der Waals surface area contributed by atoms with Gasteiger partial charge < -0.3 is 15.8 Å². The van der Waals surface area contributed by atoms with Crippen LogP contribution in [0.4, 0.5) is 0 Å². The van der Waals surface area contributed by atoms with Gasteiger partial charge in [0.1, 0.15) is 6.23 Å². The van der Waals surface area contributed by atoms with E-state index in [2.05, 4.69) is 38.3 Å². The van der Waals surface area contributed by atoms with Crippen molar-refractivity contribution in [1.29, 1.82) is 0 Å². The summed E-state index contributed by atoms with van der Waals surface area (Å²) in [4.78, 5) is 0. The van der Waals surface area contributed by atoms with Crippen molar-refractivity contribution in [1.82, 2.24) is 10.6 Å². The molecular weight excluding hydrogens is 418 g/mol. The highest BCUT2D eigenvalue weighted by molar-refractivity contribution is 5.13. The maximum Gasteiger partial charge on any atom is 0.108 e. The number of nitrogens with two attached hydrogens (primary N) is 1. The number of unbranched alkanes of at least 4 members (excludes halogenated alkanes) is 1. The summed E-state index contributed by atoms with van der Waals surface area (Å²) in [6.07, 6.45) is 17.2. The second-order valence-electron chi connectivity index (χ2n) is 13.8. The Bertz CT molecular complexity index is 686. The number of ether oxygens (including phenoxy) is 1. The molecule has 0 aromatic rings. The lowest BCUT2D eigenvalue weighted by Crippen LogP contribution is -2.55. The molecule has 0 aromatic heterocycles. The minimum absolute atomic E-state index is 0.306. The van der Waals surface area contributed by atoms with Gasteiger partial charge in [-0.25, -0.2) is 0 Å². The van der Waals surface area contributed by atoms with Gasteiger partial charge >= 0.3 is 0 Å². The van der Waals surface area contributed by atoms with Gasteiger partial charge in [-0.05, 0) is 130 Å². The van der Waals surface area contributed by atoms with E-state index >= 15 is 0 Å². The van der Waals surface area contributed by atoms with Crippen LogP contribution in [0.5, 0.6) is 0 Å². The normalized spacial score (nSPS) is 48.6. The van der Waals surface area contributed by atoms with Crippen LogP contribution in [0.3, 0.4) is 0 Å². The van der Waals surface area contributed by atoms with Crippen LogP contribution in [0.2, 0.25) is 0 Å². The summed E-state index contributed by atoms with van der Waals surface area (Å²) in [5.74, 6) is 5.28. The van der Waals surface area contributed by atoms with Gasteiger partial charge in [-0.15, -0.1) is 0 Å². The van der Waals surface area contributed by atoms with Crippen LogP contribution in [0.25, 0.3) is 0 Å². The van der Waals surface area contributed by atoms with Crippen LogP contribution >= 0.6 is 0 Å². The number of hydrogen-bond donors (Lipinski definition) is 3. The van der Waals surface area contributed by atoms with Crippen molar-refractivity contribution in [3.8, 4) is 0 Å². The van der Waals surface area contributed by atoms with Crippen molar-refractivity contribution in [2.45, 2.75) is 123 Å². The molecule has 1 aliphatic heterocycles. The van der Waals surface area contributed by atoms with E-state index < -0.39 is 0 Å². The molecule has 0 bridgehead atoms. The highest BCUT2D eigenvalue weighted by Gasteiger charge is 2.64. The quantitative estimate of drug-likeness (QED) is 0.376. The van der Waals surface area contributed by atoms with Crippen LogP contribution in [-0.4, -0.2) is 38.0 Å². The third-order valence-corrected chi connectivity index (χ3v) is 12.1. The van der Waals surface area contributed by atoms with Gasteiger partial charge in [0.2, 0.25) is 0 Å². The standard InChI is InChI=1S/C30H55N3O/c1-5-20(2)19-33-28-18-26-27(34-28)17-25-23-9-8-21-16-22(32-15-7-6-14-31)10-12-29(21,3)24(23)11-13-30(25,26)4/h20-28,32-33H,5-19,31H2,1-4H3/t20-,21?,22?,23+,24?,25?,26?,27?,28-,29-,30-/m0/s1. The minimum Gasteiger partial charge on any atom is -0.360 e. The summed E-state index contributed by atoms with van der Waals surface area (Å²) >= 11 is 0. The molecule has 4 N–H and O–H groups in total. The molecule has 11 atom stereocenters. The summed E-state index contributed by atoms with van der Waals surface area (Å²) in [6, 6.07) is 0.750. The molecule has 0 amide bonds. The van der Waals surface area contributed by atoms with E-state index in [1.165, 1.54) is 70.6 Å². The Labute approximate surface area is 210 Å². The van der Waals surface area contributed by atoms with Gasteiger partial charge in [0.15, 0.2) is 0 Å². The molecule has 1 saturated heterocycles. The number of nitrogens with one attached hydrogen (secondary N) is 2. The molecule has 5 aliphatic rings. The Hall–Kier alpha value is -0.160. The molecule has 6 unspecified atom stereocenters. The zero-order valence-corrected chi connectivity index (χ0v) is 22.8. The Morgan fingerprint density at radius 3 is 2.53 bits per heavy atom. The Morgan fingerprint density at radius 2 is 1.74 bits per heavy atom. The van der Waals surface area contributed by atoms with Crippen LogP contribution < -0.4 is 16.4 Å². The fourth-order valence-electron chi connectivity index (χ4n) is 9.79. The molecule has 0 radical (unpaired) electrons. The molecule has 5 rings (SSSR count). The van der Waals surface area contributed by atoms with Crippen molar-refractivity contribution in [3.63, 3.8) is 0 Å². The largest absolute Gasteiger partial charge is 0.360 e. The highest BCUT2D eigenvalue weighted by Crippen LogP contribution is 2.69. The molecule has 1 heterocycles. The second-order valence-corrected chi connectivity index (χ2v) is 13.8. The summed E-state index contributed by atoms with van der Waals surface area (Å²) in [7, 11) is 0. The fourth-order valence-corrected chi connectivity index (χ4v) is 9.79. The van der Waals surface area contributed by atoms with Gasteiger partial charge in [0.05, 0.1) is 6.10 Å². The van der Waals surface area contributed by atoms with E-state index in [0.717, 1.165) is 67.6 Å². The first kappa shape index (κ1) is 25.5. The van der Waals surface area contributed by atoms with Crippen molar-refractivity contribution >= 4 is 0 Å². The van der Waals surface area contributed by atoms with Gasteiger partial charge in [-0.2, -0.15) is 0 Å². The van der Waals surface area contributed by atoms with Crippen LogP contribution in [0, 0.1) is 46.3 Å². The lowest BCUT2D eigenvalue weighted by molar-refractivity contribution is -0.115. The van der Waals surface area contributed by atoms with Crippen molar-refractivity contribution in [3.05, 3.63) is 0 Å². The first-order valence-electron chi connectivity index (χ1n) is 15.2. The average molecular weight is 474 g/mol. The molecule has 4 heteroatoms. The van der Waals surface area contributed by atoms with Gasteiger partial charge in [-0.1, -0.05) is 34.1 Å². The summed E-state index contributed by atoms with van der Waals surface area (Å²) < 4.78 is 6.69. The minimum atomic E-state index is 0.306. The Kier molecular flexibility index (Phi) is 7.72. The van der Waals surface area contributed by atoms with Gasteiger partial charge in [0.25, 0.3) is 0 Å². The van der Waals surface area contributed by atoms with E-state index in [9.17, 15) is 0 Å². The smallest absolute Gasteiger partial charge is 0.108 e. The highest BCUT2D eigenvalue weighted by atomic mass is 16.5. The predicted octanol–water partition coefficient (Wildman–Crippen LogP) is 5.70.